The van der Waals surface area contributed by atoms with Gasteiger partial charge < -0.3 is 9.80 Å². The molecule has 3 heterocycles. The fourth-order valence-electron chi connectivity index (χ4n) is 4.53. The van der Waals surface area contributed by atoms with Gasteiger partial charge in [-0.25, -0.2) is 0 Å². The summed E-state index contributed by atoms with van der Waals surface area (Å²) in [5, 5.41) is 8.76. The van der Waals surface area contributed by atoms with Crippen LogP contribution in [0.25, 0.3) is 10.9 Å². The molecule has 0 saturated carbocycles. The first-order valence-electron chi connectivity index (χ1n) is 9.90. The van der Waals surface area contributed by atoms with Gasteiger partial charge in [0.25, 0.3) is 11.8 Å². The molecule has 0 radical (unpaired) electrons. The molecular weight excluding hydrogens is 423 g/mol. The van der Waals surface area contributed by atoms with Crippen molar-refractivity contribution in [2.45, 2.75) is 12.8 Å². The average Bonchev–Trinajstić information content (AvgIpc) is 3.18. The lowest BCUT2D eigenvalue weighted by Gasteiger charge is -2.54. The zero-order valence-corrected chi connectivity index (χ0v) is 17.7. The fourth-order valence-corrected chi connectivity index (χ4v) is 5.05. The standard InChI is InChI=1S/C22H20Cl2N4O2/c23-17-8-15(9-18(24)10-17)21(30)27-5-3-22(4-6-27)12-28(13-22)20(29)14-1-2-19-16(7-14)11-25-26-19/h1-2,7-11H,3-6,12-13H2,(H,25,26). The molecule has 30 heavy (non-hydrogen) atoms. The van der Waals surface area contributed by atoms with Crippen molar-refractivity contribution in [1.82, 2.24) is 20.0 Å². The van der Waals surface area contributed by atoms with E-state index in [4.69, 9.17) is 23.2 Å². The third kappa shape index (κ3) is 3.44. The largest absolute Gasteiger partial charge is 0.339 e. The maximum atomic E-state index is 12.8. The predicted octanol–water partition coefficient (Wildman–Crippen LogP) is 4.25. The van der Waals surface area contributed by atoms with Gasteiger partial charge in [-0.2, -0.15) is 5.10 Å². The van der Waals surface area contributed by atoms with E-state index in [2.05, 4.69) is 10.2 Å². The molecule has 2 saturated heterocycles. The first kappa shape index (κ1) is 19.4. The number of carbonyl (C=O) groups is 2. The van der Waals surface area contributed by atoms with E-state index in [0.29, 0.717) is 34.3 Å². The zero-order chi connectivity index (χ0) is 20.9. The molecule has 2 amide bonds. The van der Waals surface area contributed by atoms with Crippen molar-refractivity contribution in [3.63, 3.8) is 0 Å². The maximum Gasteiger partial charge on any atom is 0.253 e. The van der Waals surface area contributed by atoms with Crippen molar-refractivity contribution in [2.24, 2.45) is 5.41 Å². The van der Waals surface area contributed by atoms with Crippen LogP contribution in [0.15, 0.2) is 42.6 Å². The van der Waals surface area contributed by atoms with Crippen LogP contribution >= 0.6 is 23.2 Å². The Labute approximate surface area is 183 Å². The molecule has 154 valence electrons. The number of benzene rings is 2. The third-order valence-corrected chi connectivity index (χ3v) is 6.68. The number of piperidine rings is 1. The molecule has 5 rings (SSSR count). The van der Waals surface area contributed by atoms with E-state index in [1.165, 1.54) is 0 Å². The summed E-state index contributed by atoms with van der Waals surface area (Å²) < 4.78 is 0. The quantitative estimate of drug-likeness (QED) is 0.644. The summed E-state index contributed by atoms with van der Waals surface area (Å²) in [5.74, 6) is 0.00530. The number of nitrogens with zero attached hydrogens (tertiary/aromatic N) is 3. The Morgan fingerprint density at radius 1 is 0.900 bits per heavy atom. The van der Waals surface area contributed by atoms with Gasteiger partial charge in [0.05, 0.1) is 11.7 Å². The highest BCUT2D eigenvalue weighted by Crippen LogP contribution is 2.41. The van der Waals surface area contributed by atoms with Gasteiger partial charge in [0.2, 0.25) is 0 Å². The number of rotatable bonds is 2. The molecule has 6 nitrogen and oxygen atoms in total. The summed E-state index contributed by atoms with van der Waals surface area (Å²) in [7, 11) is 0. The van der Waals surface area contributed by atoms with Crippen molar-refractivity contribution in [3.05, 3.63) is 63.8 Å². The van der Waals surface area contributed by atoms with Crippen LogP contribution in [0.1, 0.15) is 33.6 Å². The average molecular weight is 443 g/mol. The van der Waals surface area contributed by atoms with E-state index in [-0.39, 0.29) is 17.2 Å². The van der Waals surface area contributed by atoms with Crippen LogP contribution in [0, 0.1) is 5.41 Å². The zero-order valence-electron chi connectivity index (χ0n) is 16.2. The minimum absolute atomic E-state index is 0.0464. The lowest BCUT2D eigenvalue weighted by Crippen LogP contribution is -2.62. The molecule has 2 aliphatic heterocycles. The highest BCUT2D eigenvalue weighted by molar-refractivity contribution is 6.35. The number of hydrogen-bond donors (Lipinski definition) is 1. The molecule has 1 aromatic heterocycles. The Morgan fingerprint density at radius 2 is 1.57 bits per heavy atom. The topological polar surface area (TPSA) is 69.3 Å². The summed E-state index contributed by atoms with van der Waals surface area (Å²) in [5.41, 5.74) is 2.23. The summed E-state index contributed by atoms with van der Waals surface area (Å²) in [6, 6.07) is 10.5. The molecule has 2 fully saturated rings. The second kappa shape index (κ2) is 7.29. The molecular formula is C22H20Cl2N4O2. The highest BCUT2D eigenvalue weighted by atomic mass is 35.5. The Bertz CT molecular complexity index is 1120. The van der Waals surface area contributed by atoms with Gasteiger partial charge in [-0.1, -0.05) is 23.2 Å². The van der Waals surface area contributed by atoms with Gasteiger partial charge >= 0.3 is 0 Å². The summed E-state index contributed by atoms with van der Waals surface area (Å²) in [4.78, 5) is 29.4. The van der Waals surface area contributed by atoms with Crippen molar-refractivity contribution in [3.8, 4) is 0 Å². The van der Waals surface area contributed by atoms with E-state index in [1.54, 1.807) is 24.4 Å². The number of nitrogens with one attached hydrogen (secondary N) is 1. The Balaban J connectivity index is 1.20. The molecule has 1 spiro atoms. The molecule has 0 unspecified atom stereocenters. The van der Waals surface area contributed by atoms with E-state index in [1.807, 2.05) is 28.0 Å². The van der Waals surface area contributed by atoms with Gasteiger partial charge in [-0.05, 0) is 49.2 Å². The van der Waals surface area contributed by atoms with Crippen LogP contribution < -0.4 is 0 Å². The second-order valence-corrected chi connectivity index (χ2v) is 9.16. The van der Waals surface area contributed by atoms with Crippen LogP contribution in [-0.2, 0) is 0 Å². The number of aromatic nitrogens is 2. The second-order valence-electron chi connectivity index (χ2n) is 8.28. The Kier molecular flexibility index (Phi) is 4.71. The number of H-pyrrole nitrogens is 1. The number of aromatic amines is 1. The predicted molar refractivity (Wildman–Crippen MR) is 116 cm³/mol. The maximum absolute atomic E-state index is 12.8. The monoisotopic (exact) mass is 442 g/mol. The normalized spacial score (nSPS) is 17.9. The molecule has 0 bridgehead atoms. The van der Waals surface area contributed by atoms with Crippen LogP contribution in [-0.4, -0.2) is 58.0 Å². The number of likely N-dealkylation sites (tertiary alicyclic amines) is 2. The van der Waals surface area contributed by atoms with Gasteiger partial charge in [0, 0.05) is 58.2 Å². The van der Waals surface area contributed by atoms with Gasteiger partial charge in [-0.15, -0.1) is 0 Å². The lowest BCUT2D eigenvalue weighted by atomic mass is 9.71. The summed E-state index contributed by atoms with van der Waals surface area (Å²) >= 11 is 12.1. The van der Waals surface area contributed by atoms with E-state index in [9.17, 15) is 9.59 Å². The van der Waals surface area contributed by atoms with Crippen LogP contribution in [0.5, 0.6) is 0 Å². The molecule has 1 N–H and O–H groups in total. The smallest absolute Gasteiger partial charge is 0.253 e. The molecule has 0 aliphatic carbocycles. The molecule has 8 heteroatoms. The molecule has 3 aromatic rings. The number of fused-ring (bicyclic) bond motifs is 1. The highest BCUT2D eigenvalue weighted by Gasteiger charge is 2.47. The van der Waals surface area contributed by atoms with Gasteiger partial charge in [0.1, 0.15) is 0 Å². The lowest BCUT2D eigenvalue weighted by molar-refractivity contribution is -0.0288. The Morgan fingerprint density at radius 3 is 2.27 bits per heavy atom. The van der Waals surface area contributed by atoms with Gasteiger partial charge in [-0.3, -0.25) is 14.7 Å². The number of halogens is 2. The minimum Gasteiger partial charge on any atom is -0.339 e. The first-order valence-corrected chi connectivity index (χ1v) is 10.7. The van der Waals surface area contributed by atoms with Crippen LogP contribution in [0.4, 0.5) is 0 Å². The van der Waals surface area contributed by atoms with Gasteiger partial charge in [0.15, 0.2) is 0 Å². The molecule has 0 atom stereocenters. The minimum atomic E-state index is -0.0464. The number of carbonyl (C=O) groups excluding carboxylic acids is 2. The molecule has 2 aromatic carbocycles. The van der Waals surface area contributed by atoms with Crippen LogP contribution in [0.2, 0.25) is 10.0 Å². The van der Waals surface area contributed by atoms with Crippen molar-refractivity contribution < 1.29 is 9.59 Å². The van der Waals surface area contributed by atoms with E-state index < -0.39 is 0 Å². The third-order valence-electron chi connectivity index (χ3n) is 6.25. The van der Waals surface area contributed by atoms with Crippen molar-refractivity contribution in [2.75, 3.05) is 26.2 Å². The fraction of sp³-hybridized carbons (Fsp3) is 0.318. The SMILES string of the molecule is O=C(c1cc(Cl)cc(Cl)c1)N1CCC2(CC1)CN(C(=O)c1ccc3[nH]ncc3c1)C2. The van der Waals surface area contributed by atoms with Crippen LogP contribution in [0.3, 0.4) is 0 Å². The number of hydrogen-bond acceptors (Lipinski definition) is 3. The first-order chi connectivity index (χ1) is 14.4. The van der Waals surface area contributed by atoms with Crippen molar-refractivity contribution in [1.29, 1.82) is 0 Å². The van der Waals surface area contributed by atoms with E-state index >= 15 is 0 Å². The Hall–Kier alpha value is -2.57. The number of amides is 2. The van der Waals surface area contributed by atoms with Crippen molar-refractivity contribution >= 4 is 45.9 Å². The molecule has 2 aliphatic rings. The van der Waals surface area contributed by atoms with E-state index in [0.717, 1.165) is 36.8 Å². The summed E-state index contributed by atoms with van der Waals surface area (Å²) in [6.45, 7) is 2.82. The summed E-state index contributed by atoms with van der Waals surface area (Å²) in [6.07, 6.45) is 3.50.